The van der Waals surface area contributed by atoms with Crippen molar-refractivity contribution in [1.29, 1.82) is 0 Å². The first-order valence-corrected chi connectivity index (χ1v) is 11.0. The number of carboxylic acids is 1. The van der Waals surface area contributed by atoms with Gasteiger partial charge < -0.3 is 15.2 Å². The number of carboxylic acid groups (broad SMARTS) is 1. The molecule has 9 heteroatoms. The third-order valence-corrected chi connectivity index (χ3v) is 6.74. The number of aromatic nitrogens is 3. The third-order valence-electron chi connectivity index (χ3n) is 6.53. The van der Waals surface area contributed by atoms with E-state index >= 15 is 0 Å². The summed E-state index contributed by atoms with van der Waals surface area (Å²) in [5.74, 6) is -0.377. The summed E-state index contributed by atoms with van der Waals surface area (Å²) >= 11 is 5.88. The quantitative estimate of drug-likeness (QED) is 0.579. The van der Waals surface area contributed by atoms with Crippen molar-refractivity contribution in [2.24, 2.45) is 0 Å². The molecule has 2 aromatic heterocycles. The van der Waals surface area contributed by atoms with Crippen LogP contribution in [0, 0.1) is 6.92 Å². The van der Waals surface area contributed by atoms with Gasteiger partial charge in [-0.05, 0) is 50.5 Å². The predicted molar refractivity (Wildman–Crippen MR) is 121 cm³/mol. The van der Waals surface area contributed by atoms with E-state index in [0.717, 1.165) is 29.8 Å². The number of hydrogen-bond acceptors (Lipinski definition) is 6. The fourth-order valence-electron chi connectivity index (χ4n) is 4.89. The van der Waals surface area contributed by atoms with E-state index in [1.54, 1.807) is 16.7 Å². The van der Waals surface area contributed by atoms with Crippen molar-refractivity contribution in [1.82, 2.24) is 14.5 Å². The third kappa shape index (κ3) is 3.25. The highest BCUT2D eigenvalue weighted by Crippen LogP contribution is 2.40. The van der Waals surface area contributed by atoms with Crippen LogP contribution in [-0.2, 0) is 16.7 Å². The number of nitrogens with one attached hydrogen (secondary N) is 1. The first kappa shape index (κ1) is 20.9. The van der Waals surface area contributed by atoms with Crippen molar-refractivity contribution in [3.63, 3.8) is 0 Å². The second kappa shape index (κ2) is 7.56. The Bertz CT molecular complexity index is 1310. The number of pyridine rings is 1. The summed E-state index contributed by atoms with van der Waals surface area (Å²) in [6, 6.07) is 6.67. The summed E-state index contributed by atoms with van der Waals surface area (Å²) in [7, 11) is 0. The zero-order valence-electron chi connectivity index (χ0n) is 17.8. The number of anilines is 1. The molecule has 0 saturated carbocycles. The number of ether oxygens (including phenoxy) is 1. The molecule has 4 heterocycles. The lowest BCUT2D eigenvalue weighted by molar-refractivity contribution is 0.0691. The Labute approximate surface area is 189 Å². The van der Waals surface area contributed by atoms with Gasteiger partial charge >= 0.3 is 5.97 Å². The first-order valence-electron chi connectivity index (χ1n) is 10.6. The first-order chi connectivity index (χ1) is 15.3. The van der Waals surface area contributed by atoms with E-state index in [2.05, 4.69) is 10.3 Å². The van der Waals surface area contributed by atoms with Gasteiger partial charge in [-0.25, -0.2) is 14.8 Å². The number of aromatic carboxylic acids is 1. The Hall–Kier alpha value is -2.97. The lowest BCUT2D eigenvalue weighted by Crippen LogP contribution is -2.29. The molecule has 0 amide bonds. The molecule has 0 aliphatic carbocycles. The van der Waals surface area contributed by atoms with Gasteiger partial charge in [0.1, 0.15) is 11.0 Å². The van der Waals surface area contributed by atoms with Crippen LogP contribution in [0.25, 0.3) is 10.9 Å². The Balaban J connectivity index is 1.64. The minimum absolute atomic E-state index is 0.0368. The van der Waals surface area contributed by atoms with Crippen LogP contribution >= 0.6 is 11.6 Å². The number of aryl methyl sites for hydroxylation is 1. The largest absolute Gasteiger partial charge is 0.476 e. The van der Waals surface area contributed by atoms with Crippen LogP contribution in [-0.4, -0.2) is 38.8 Å². The number of carbonyl (C=O) groups is 1. The smallest absolute Gasteiger partial charge is 0.356 e. The van der Waals surface area contributed by atoms with Gasteiger partial charge in [-0.1, -0.05) is 17.7 Å². The molecule has 0 unspecified atom stereocenters. The predicted octanol–water partition coefficient (Wildman–Crippen LogP) is 3.69. The fourth-order valence-corrected chi connectivity index (χ4v) is 5.04. The number of rotatable bonds is 4. The molecule has 2 aliphatic rings. The normalized spacial score (nSPS) is 20.6. The maximum atomic E-state index is 13.4. The zero-order chi connectivity index (χ0) is 22.6. The van der Waals surface area contributed by atoms with Gasteiger partial charge in [-0.15, -0.1) is 0 Å². The Morgan fingerprint density at radius 2 is 2.12 bits per heavy atom. The minimum atomic E-state index is -1.17. The summed E-state index contributed by atoms with van der Waals surface area (Å²) in [4.78, 5) is 34.0. The molecule has 1 saturated heterocycles. The molecule has 0 bridgehead atoms. The van der Waals surface area contributed by atoms with E-state index in [1.807, 2.05) is 26.0 Å². The molecule has 8 nitrogen and oxygen atoms in total. The van der Waals surface area contributed by atoms with Crippen LogP contribution in [0.5, 0.6) is 0 Å². The van der Waals surface area contributed by atoms with E-state index in [9.17, 15) is 14.7 Å². The summed E-state index contributed by atoms with van der Waals surface area (Å²) in [6.07, 6.45) is 1.71. The van der Waals surface area contributed by atoms with Gasteiger partial charge in [-0.3, -0.25) is 9.36 Å². The SMILES string of the molecule is Cc1cc([C@@H](C)Nc2ccc(Cl)nc2C(=O)O)c2nc3n(c(=O)c2c1)CC[C@@]31CCOC1. The van der Waals surface area contributed by atoms with E-state index in [-0.39, 0.29) is 27.9 Å². The van der Waals surface area contributed by atoms with E-state index < -0.39 is 5.97 Å². The fraction of sp³-hybridized carbons (Fsp3) is 0.391. The summed E-state index contributed by atoms with van der Waals surface area (Å²) < 4.78 is 7.47. The van der Waals surface area contributed by atoms with Gasteiger partial charge in [0.25, 0.3) is 5.56 Å². The van der Waals surface area contributed by atoms with Crippen molar-refractivity contribution >= 4 is 34.2 Å². The molecule has 1 aromatic carbocycles. The molecular formula is C23H23ClN4O4. The molecule has 166 valence electrons. The van der Waals surface area contributed by atoms with E-state index in [4.69, 9.17) is 21.3 Å². The molecule has 1 fully saturated rings. The number of benzene rings is 1. The minimum Gasteiger partial charge on any atom is -0.476 e. The highest BCUT2D eigenvalue weighted by molar-refractivity contribution is 6.29. The summed E-state index contributed by atoms with van der Waals surface area (Å²) in [5, 5.41) is 13.4. The van der Waals surface area contributed by atoms with Gasteiger partial charge in [0.15, 0.2) is 5.69 Å². The number of hydrogen-bond donors (Lipinski definition) is 2. The Morgan fingerprint density at radius 3 is 2.84 bits per heavy atom. The monoisotopic (exact) mass is 454 g/mol. The van der Waals surface area contributed by atoms with Crippen molar-refractivity contribution in [3.05, 3.63) is 62.4 Å². The highest BCUT2D eigenvalue weighted by atomic mass is 35.5. The van der Waals surface area contributed by atoms with Gasteiger partial charge in [0.2, 0.25) is 0 Å². The Morgan fingerprint density at radius 1 is 1.31 bits per heavy atom. The molecule has 1 spiro atoms. The average molecular weight is 455 g/mol. The van der Waals surface area contributed by atoms with Crippen molar-refractivity contribution < 1.29 is 14.6 Å². The van der Waals surface area contributed by atoms with E-state index in [0.29, 0.717) is 36.3 Å². The van der Waals surface area contributed by atoms with Gasteiger partial charge in [-0.2, -0.15) is 0 Å². The summed E-state index contributed by atoms with van der Waals surface area (Å²) in [6.45, 7) is 5.75. The van der Waals surface area contributed by atoms with Crippen molar-refractivity contribution in [2.45, 2.75) is 44.7 Å². The van der Waals surface area contributed by atoms with Crippen LogP contribution in [0.15, 0.2) is 29.1 Å². The van der Waals surface area contributed by atoms with Crippen molar-refractivity contribution in [2.75, 3.05) is 18.5 Å². The maximum Gasteiger partial charge on any atom is 0.356 e. The number of halogens is 1. The molecule has 3 aromatic rings. The average Bonchev–Trinajstić information content (AvgIpc) is 3.37. The number of nitrogens with zero attached hydrogens (tertiary/aromatic N) is 3. The second-order valence-corrected chi connectivity index (χ2v) is 9.06. The van der Waals surface area contributed by atoms with Gasteiger partial charge in [0.05, 0.1) is 34.7 Å². The molecule has 32 heavy (non-hydrogen) atoms. The molecule has 2 N–H and O–H groups in total. The van der Waals surface area contributed by atoms with Crippen LogP contribution in [0.2, 0.25) is 5.15 Å². The second-order valence-electron chi connectivity index (χ2n) is 8.68. The van der Waals surface area contributed by atoms with Crippen LogP contribution in [0.1, 0.15) is 53.2 Å². The van der Waals surface area contributed by atoms with Crippen LogP contribution < -0.4 is 10.9 Å². The van der Waals surface area contributed by atoms with E-state index in [1.165, 1.54) is 0 Å². The Kier molecular flexibility index (Phi) is 4.94. The standard InChI is InChI=1S/C23H23ClN4O4/c1-12-9-14(13(2)25-16-3-4-17(24)26-19(16)21(30)31)18-15(10-12)20(29)28-7-5-23(22(28)27-18)6-8-32-11-23/h3-4,9-10,13,25H,5-8,11H2,1-2H3,(H,30,31)/t13-,23+/m1/s1. The highest BCUT2D eigenvalue weighted by Gasteiger charge is 2.44. The lowest BCUT2D eigenvalue weighted by Gasteiger charge is -2.22. The zero-order valence-corrected chi connectivity index (χ0v) is 18.6. The number of fused-ring (bicyclic) bond motifs is 3. The van der Waals surface area contributed by atoms with Crippen LogP contribution in [0.3, 0.4) is 0 Å². The molecule has 2 atom stereocenters. The maximum absolute atomic E-state index is 13.4. The lowest BCUT2D eigenvalue weighted by atomic mass is 9.85. The molecule has 5 rings (SSSR count). The topological polar surface area (TPSA) is 106 Å². The molecule has 2 aliphatic heterocycles. The van der Waals surface area contributed by atoms with Crippen molar-refractivity contribution in [3.8, 4) is 0 Å². The van der Waals surface area contributed by atoms with Gasteiger partial charge in [0, 0.05) is 18.7 Å². The molecule has 0 radical (unpaired) electrons. The summed E-state index contributed by atoms with van der Waals surface area (Å²) in [5.41, 5.74) is 2.35. The van der Waals surface area contributed by atoms with Crippen LogP contribution in [0.4, 0.5) is 5.69 Å². The molecular weight excluding hydrogens is 432 g/mol.